The molecule has 1 atom stereocenters. The monoisotopic (exact) mass is 161 g/mol. The van der Waals surface area contributed by atoms with Crippen molar-refractivity contribution < 1.29 is 0 Å². The second-order valence-corrected chi connectivity index (χ2v) is 5.74. The fraction of sp³-hybridized carbons (Fsp3) is 1.00. The van der Waals surface area contributed by atoms with E-state index in [-0.39, 0.29) is 9.90 Å². The quantitative estimate of drug-likeness (QED) is 0.427. The van der Waals surface area contributed by atoms with Crippen LogP contribution in [0.5, 0.6) is 0 Å². The summed E-state index contributed by atoms with van der Waals surface area (Å²) in [6, 6.07) is 0. The first-order valence-corrected chi connectivity index (χ1v) is 5.66. The molecule has 0 nitrogen and oxygen atoms in total. The summed E-state index contributed by atoms with van der Waals surface area (Å²) in [6.07, 6.45) is 0. The van der Waals surface area contributed by atoms with Crippen LogP contribution in [0.2, 0.25) is 9.95 Å². The fourth-order valence-corrected chi connectivity index (χ4v) is 1.50. The summed E-state index contributed by atoms with van der Waals surface area (Å²) in [7, 11) is 0. The van der Waals surface area contributed by atoms with E-state index in [1.807, 2.05) is 0 Å². The minimum atomic E-state index is 0. The number of rotatable bonds is 2. The van der Waals surface area contributed by atoms with Crippen LogP contribution in [0.4, 0.5) is 0 Å². The van der Waals surface area contributed by atoms with Gasteiger partial charge in [0.15, 0.2) is 0 Å². The molecule has 0 heterocycles. The molecule has 2 heteroatoms. The zero-order chi connectivity index (χ0) is 4.12. The molecule has 0 saturated carbocycles. The summed E-state index contributed by atoms with van der Waals surface area (Å²) >= 11 is 0.312. The van der Waals surface area contributed by atoms with Gasteiger partial charge in [-0.3, -0.25) is 0 Å². The van der Waals surface area contributed by atoms with Crippen molar-refractivity contribution in [2.45, 2.75) is 23.8 Å². The Morgan fingerprint density at radius 1 is 1.17 bits per heavy atom. The third-order valence-corrected chi connectivity index (χ3v) is 3.00. The van der Waals surface area contributed by atoms with Crippen molar-refractivity contribution >= 4 is 27.3 Å². The van der Waals surface area contributed by atoms with Crippen molar-refractivity contribution in [1.29, 1.82) is 0 Å². The van der Waals surface area contributed by atoms with Gasteiger partial charge in [0.1, 0.15) is 0 Å². The summed E-state index contributed by atoms with van der Waals surface area (Å²) in [5.41, 5.74) is 0. The molecule has 37 valence electrons. The van der Waals surface area contributed by atoms with Gasteiger partial charge in [0, 0.05) is 0 Å². The molecule has 0 amide bonds. The van der Waals surface area contributed by atoms with Gasteiger partial charge in [0.2, 0.25) is 0 Å². The molecule has 6 heavy (non-hydrogen) atoms. The zero-order valence-corrected chi connectivity index (χ0v) is 8.54. The Morgan fingerprint density at radius 2 is 1.50 bits per heavy atom. The van der Waals surface area contributed by atoms with Crippen LogP contribution < -0.4 is 0 Å². The van der Waals surface area contributed by atoms with Crippen LogP contribution in [0.15, 0.2) is 0 Å². The normalized spacial score (nSPS) is 6.33. The van der Waals surface area contributed by atoms with Crippen LogP contribution >= 0.6 is 9.90 Å². The first kappa shape index (κ1) is 10.1. The van der Waals surface area contributed by atoms with Crippen LogP contribution in [0, 0.1) is 0 Å². The van der Waals surface area contributed by atoms with E-state index < -0.39 is 0 Å². The molecule has 0 spiro atoms. The summed E-state index contributed by atoms with van der Waals surface area (Å²) in [6.45, 7) is 4.56. The van der Waals surface area contributed by atoms with Crippen molar-refractivity contribution in [2.24, 2.45) is 0 Å². The molecule has 0 fully saturated rings. The maximum Gasteiger partial charge on any atom is -0.153 e. The summed E-state index contributed by atoms with van der Waals surface area (Å²) in [5, 5.41) is 0. The molecule has 0 bridgehead atoms. The molecule has 0 rings (SSSR count). The maximum atomic E-state index is 2.28. The largest absolute Gasteiger partial charge is 0.153 e. The van der Waals surface area contributed by atoms with E-state index in [0.29, 0.717) is 17.4 Å². The Labute approximate surface area is 51.5 Å². The predicted molar refractivity (Wildman–Crippen MR) is 37.8 cm³/mol. The number of hydrogen-bond donors (Lipinski definition) is 0. The average molecular weight is 162 g/mol. The molecule has 0 aromatic heterocycles. The van der Waals surface area contributed by atoms with Crippen LogP contribution in [0.3, 0.4) is 0 Å². The van der Waals surface area contributed by atoms with Crippen molar-refractivity contribution in [1.82, 2.24) is 0 Å². The van der Waals surface area contributed by atoms with Gasteiger partial charge < -0.3 is 0 Å². The molecular formula is C4H13GaP. The Kier molecular flexibility index (Phi) is 15.9. The summed E-state index contributed by atoms with van der Waals surface area (Å²) in [4.78, 5) is 3.00. The fourth-order valence-electron chi connectivity index (χ4n) is 0.289. The van der Waals surface area contributed by atoms with Gasteiger partial charge >= 0.3 is 41.2 Å². The van der Waals surface area contributed by atoms with E-state index in [0.717, 1.165) is 0 Å². The maximum absolute atomic E-state index is 2.28. The van der Waals surface area contributed by atoms with Crippen LogP contribution in [0.1, 0.15) is 13.8 Å². The van der Waals surface area contributed by atoms with Gasteiger partial charge in [-0.1, -0.05) is 0 Å². The smallest absolute Gasteiger partial charge is 0.153 e. The Hall–Kier alpha value is 1.07. The topological polar surface area (TPSA) is 0 Å². The van der Waals surface area contributed by atoms with E-state index in [9.17, 15) is 0 Å². The Balaban J connectivity index is 0. The van der Waals surface area contributed by atoms with Gasteiger partial charge in [-0.05, 0) is 0 Å². The van der Waals surface area contributed by atoms with Crippen LogP contribution in [-0.4, -0.2) is 17.4 Å². The van der Waals surface area contributed by atoms with Crippen molar-refractivity contribution in [3.8, 4) is 0 Å². The molecule has 0 N–H and O–H groups in total. The molecule has 0 aliphatic rings. The second kappa shape index (κ2) is 9.42. The first-order chi connectivity index (χ1) is 2.41. The molecule has 0 aromatic rings. The van der Waals surface area contributed by atoms with E-state index in [2.05, 4.69) is 13.8 Å². The molecule has 1 radical (unpaired) electrons. The minimum Gasteiger partial charge on any atom is -0.153 e. The molecule has 0 saturated heterocycles. The average Bonchev–Trinajstić information content (AvgIpc) is 1.41. The third-order valence-electron chi connectivity index (χ3n) is 0.577. The first-order valence-electron chi connectivity index (χ1n) is 2.23. The molecule has 1 unspecified atom stereocenters. The van der Waals surface area contributed by atoms with Crippen LogP contribution in [-0.2, 0) is 0 Å². The summed E-state index contributed by atoms with van der Waals surface area (Å²) < 4.78 is 0. The molecule has 0 aromatic carbocycles. The molecule has 0 aliphatic heterocycles. The van der Waals surface area contributed by atoms with E-state index in [4.69, 9.17) is 0 Å². The van der Waals surface area contributed by atoms with Gasteiger partial charge in [-0.25, -0.2) is 0 Å². The Bertz CT molecular complexity index is 15.0. The molecule has 0 aliphatic carbocycles. The van der Waals surface area contributed by atoms with Crippen molar-refractivity contribution in [2.75, 3.05) is 0 Å². The van der Waals surface area contributed by atoms with Crippen molar-refractivity contribution in [3.63, 3.8) is 0 Å². The summed E-state index contributed by atoms with van der Waals surface area (Å²) in [5.74, 6) is 0. The van der Waals surface area contributed by atoms with Gasteiger partial charge in [0.25, 0.3) is 0 Å². The second-order valence-electron chi connectivity index (χ2n) is 1.11. The van der Waals surface area contributed by atoms with Gasteiger partial charge in [-0.15, -0.1) is 0 Å². The van der Waals surface area contributed by atoms with Gasteiger partial charge in [0.05, 0.1) is 0 Å². The standard InChI is InChI=1S/2C2H5.Ga.H3P/c2*1-2;;/h2*1H2,2H3;;1H3. The van der Waals surface area contributed by atoms with Gasteiger partial charge in [-0.2, -0.15) is 9.90 Å². The SMILES string of the molecule is C[CH2][Ga][CH2]C.P. The van der Waals surface area contributed by atoms with E-state index in [1.54, 1.807) is 0 Å². The Morgan fingerprint density at radius 3 is 1.50 bits per heavy atom. The van der Waals surface area contributed by atoms with Crippen molar-refractivity contribution in [3.05, 3.63) is 0 Å². The number of hydrogen-bond acceptors (Lipinski definition) is 0. The minimum absolute atomic E-state index is 0. The van der Waals surface area contributed by atoms with Crippen LogP contribution in [0.25, 0.3) is 0 Å². The van der Waals surface area contributed by atoms with E-state index in [1.165, 1.54) is 9.95 Å². The predicted octanol–water partition coefficient (Wildman–Crippen LogP) is 1.63. The van der Waals surface area contributed by atoms with E-state index >= 15 is 0 Å². The zero-order valence-electron chi connectivity index (χ0n) is 4.70. The molecular weight excluding hydrogens is 149 g/mol. The third kappa shape index (κ3) is 8.91.